The third-order valence-corrected chi connectivity index (χ3v) is 2.69. The van der Waals surface area contributed by atoms with Crippen molar-refractivity contribution < 1.29 is 9.72 Å². The summed E-state index contributed by atoms with van der Waals surface area (Å²) in [4.78, 5) is 22.1. The van der Waals surface area contributed by atoms with Gasteiger partial charge < -0.3 is 5.32 Å². The van der Waals surface area contributed by atoms with E-state index in [-0.39, 0.29) is 11.6 Å². The maximum absolute atomic E-state index is 12.0. The van der Waals surface area contributed by atoms with Crippen LogP contribution in [0.5, 0.6) is 0 Å². The molecule has 1 amide bonds. The molecule has 0 fully saturated rings. The number of anilines is 1. The molecule has 0 saturated carbocycles. The molecule has 0 aliphatic heterocycles. The van der Waals surface area contributed by atoms with E-state index in [9.17, 15) is 14.9 Å². The Morgan fingerprint density at radius 1 is 1.32 bits per heavy atom. The van der Waals surface area contributed by atoms with Crippen molar-refractivity contribution in [3.63, 3.8) is 0 Å². The standard InChI is InChI=1S/C12H12N4O3/c1-7-11(8(2)15-14-7)12(17)13-9-3-5-10(6-4-9)16(18)19/h3-6H,1-2H3,(H,13,17)(H,14,15). The van der Waals surface area contributed by atoms with Crippen LogP contribution in [0, 0.1) is 24.0 Å². The van der Waals surface area contributed by atoms with E-state index in [4.69, 9.17) is 0 Å². The SMILES string of the molecule is Cc1n[nH]c(C)c1C(=O)Nc1ccc([N+](=O)[O-])cc1. The van der Waals surface area contributed by atoms with Crippen molar-refractivity contribution in [1.29, 1.82) is 0 Å². The van der Waals surface area contributed by atoms with Crippen LogP contribution in [-0.4, -0.2) is 21.0 Å². The summed E-state index contributed by atoms with van der Waals surface area (Å²) >= 11 is 0. The average molecular weight is 260 g/mol. The Balaban J connectivity index is 2.17. The number of H-pyrrole nitrogens is 1. The van der Waals surface area contributed by atoms with E-state index in [0.29, 0.717) is 22.6 Å². The molecule has 0 bridgehead atoms. The lowest BCUT2D eigenvalue weighted by atomic mass is 10.2. The molecule has 1 heterocycles. The maximum Gasteiger partial charge on any atom is 0.269 e. The Hall–Kier alpha value is -2.70. The largest absolute Gasteiger partial charge is 0.322 e. The summed E-state index contributed by atoms with van der Waals surface area (Å²) in [7, 11) is 0. The normalized spacial score (nSPS) is 10.2. The predicted molar refractivity (Wildman–Crippen MR) is 69.1 cm³/mol. The van der Waals surface area contributed by atoms with Gasteiger partial charge in [0.2, 0.25) is 0 Å². The van der Waals surface area contributed by atoms with Gasteiger partial charge in [0.1, 0.15) is 0 Å². The van der Waals surface area contributed by atoms with Gasteiger partial charge in [0.05, 0.1) is 16.2 Å². The highest BCUT2D eigenvalue weighted by atomic mass is 16.6. The fourth-order valence-corrected chi connectivity index (χ4v) is 1.75. The Kier molecular flexibility index (Phi) is 3.28. The topological polar surface area (TPSA) is 101 Å². The van der Waals surface area contributed by atoms with Crippen molar-refractivity contribution in [3.8, 4) is 0 Å². The number of carbonyl (C=O) groups excluding carboxylic acids is 1. The van der Waals surface area contributed by atoms with Crippen LogP contribution in [0.4, 0.5) is 11.4 Å². The summed E-state index contributed by atoms with van der Waals surface area (Å²) in [6, 6.07) is 5.65. The number of aromatic amines is 1. The Bertz CT molecular complexity index is 611. The average Bonchev–Trinajstić information content (AvgIpc) is 2.69. The number of non-ortho nitro benzene ring substituents is 1. The molecule has 1 aromatic heterocycles. The molecule has 7 nitrogen and oxygen atoms in total. The second-order valence-electron chi connectivity index (χ2n) is 4.07. The summed E-state index contributed by atoms with van der Waals surface area (Å²) in [5.74, 6) is -0.294. The molecule has 2 rings (SSSR count). The van der Waals surface area contributed by atoms with Gasteiger partial charge in [0, 0.05) is 23.5 Å². The van der Waals surface area contributed by atoms with Crippen LogP contribution in [0.3, 0.4) is 0 Å². The molecule has 0 atom stereocenters. The fourth-order valence-electron chi connectivity index (χ4n) is 1.75. The predicted octanol–water partition coefficient (Wildman–Crippen LogP) is 2.19. The minimum Gasteiger partial charge on any atom is -0.322 e. The van der Waals surface area contributed by atoms with Gasteiger partial charge in [0.15, 0.2) is 0 Å². The molecule has 7 heteroatoms. The van der Waals surface area contributed by atoms with Gasteiger partial charge in [-0.15, -0.1) is 0 Å². The van der Waals surface area contributed by atoms with E-state index < -0.39 is 4.92 Å². The zero-order valence-corrected chi connectivity index (χ0v) is 10.4. The summed E-state index contributed by atoms with van der Waals surface area (Å²) in [6.45, 7) is 3.49. The number of nitro benzene ring substituents is 1. The zero-order valence-electron chi connectivity index (χ0n) is 10.4. The molecule has 0 unspecified atom stereocenters. The van der Waals surface area contributed by atoms with E-state index in [2.05, 4.69) is 15.5 Å². The van der Waals surface area contributed by atoms with Gasteiger partial charge in [-0.2, -0.15) is 5.10 Å². The number of aromatic nitrogens is 2. The maximum atomic E-state index is 12.0. The minimum atomic E-state index is -0.490. The van der Waals surface area contributed by atoms with E-state index in [1.807, 2.05) is 0 Å². The Labute approximate surface area is 108 Å². The molecule has 2 N–H and O–H groups in total. The fraction of sp³-hybridized carbons (Fsp3) is 0.167. The molecule has 0 saturated heterocycles. The second kappa shape index (κ2) is 4.89. The number of aryl methyl sites for hydroxylation is 2. The van der Waals surface area contributed by atoms with Crippen molar-refractivity contribution in [3.05, 3.63) is 51.3 Å². The number of nitrogens with zero attached hydrogens (tertiary/aromatic N) is 2. The first-order chi connectivity index (χ1) is 8.99. The van der Waals surface area contributed by atoms with E-state index >= 15 is 0 Å². The highest BCUT2D eigenvalue weighted by molar-refractivity contribution is 6.05. The van der Waals surface area contributed by atoms with Crippen molar-refractivity contribution in [2.75, 3.05) is 5.32 Å². The van der Waals surface area contributed by atoms with Crippen LogP contribution in [0.25, 0.3) is 0 Å². The van der Waals surface area contributed by atoms with Crippen molar-refractivity contribution in [2.45, 2.75) is 13.8 Å². The van der Waals surface area contributed by atoms with Crippen LogP contribution in [0.1, 0.15) is 21.7 Å². The quantitative estimate of drug-likeness (QED) is 0.652. The van der Waals surface area contributed by atoms with Crippen LogP contribution in [-0.2, 0) is 0 Å². The lowest BCUT2D eigenvalue weighted by Crippen LogP contribution is -2.13. The first-order valence-corrected chi connectivity index (χ1v) is 5.56. The molecule has 2 aromatic rings. The third-order valence-electron chi connectivity index (χ3n) is 2.69. The molecule has 0 spiro atoms. The molecule has 0 radical (unpaired) electrons. The number of rotatable bonds is 3. The molecule has 1 aromatic carbocycles. The van der Waals surface area contributed by atoms with Gasteiger partial charge in [-0.3, -0.25) is 20.0 Å². The summed E-state index contributed by atoms with van der Waals surface area (Å²) < 4.78 is 0. The smallest absolute Gasteiger partial charge is 0.269 e. The minimum absolute atomic E-state index is 0.0197. The van der Waals surface area contributed by atoms with E-state index in [1.165, 1.54) is 24.3 Å². The zero-order chi connectivity index (χ0) is 14.0. The van der Waals surface area contributed by atoms with Crippen LogP contribution in [0.15, 0.2) is 24.3 Å². The monoisotopic (exact) mass is 260 g/mol. The van der Waals surface area contributed by atoms with Crippen LogP contribution < -0.4 is 5.32 Å². The number of benzene rings is 1. The van der Waals surface area contributed by atoms with Gasteiger partial charge >= 0.3 is 0 Å². The van der Waals surface area contributed by atoms with Crippen molar-refractivity contribution in [2.24, 2.45) is 0 Å². The highest BCUT2D eigenvalue weighted by Crippen LogP contribution is 2.17. The van der Waals surface area contributed by atoms with Gasteiger partial charge in [-0.25, -0.2) is 0 Å². The van der Waals surface area contributed by atoms with Crippen LogP contribution in [0.2, 0.25) is 0 Å². The summed E-state index contributed by atoms with van der Waals surface area (Å²) in [6.07, 6.45) is 0. The molecule has 0 aliphatic carbocycles. The number of amides is 1. The van der Waals surface area contributed by atoms with Crippen molar-refractivity contribution >= 4 is 17.3 Å². The molecule has 19 heavy (non-hydrogen) atoms. The highest BCUT2D eigenvalue weighted by Gasteiger charge is 2.15. The Morgan fingerprint density at radius 2 is 1.95 bits per heavy atom. The molecule has 0 aliphatic rings. The first-order valence-electron chi connectivity index (χ1n) is 5.56. The van der Waals surface area contributed by atoms with Crippen molar-refractivity contribution in [1.82, 2.24) is 10.2 Å². The first kappa shape index (κ1) is 12.7. The van der Waals surface area contributed by atoms with Crippen LogP contribution >= 0.6 is 0 Å². The lowest BCUT2D eigenvalue weighted by Gasteiger charge is -2.04. The molecule has 98 valence electrons. The number of nitrogens with one attached hydrogen (secondary N) is 2. The molecular formula is C12H12N4O3. The number of nitro groups is 1. The van der Waals surface area contributed by atoms with Gasteiger partial charge in [-0.1, -0.05) is 0 Å². The Morgan fingerprint density at radius 3 is 2.42 bits per heavy atom. The number of carbonyl (C=O) groups is 1. The lowest BCUT2D eigenvalue weighted by molar-refractivity contribution is -0.384. The number of hydrogen-bond acceptors (Lipinski definition) is 4. The molecular weight excluding hydrogens is 248 g/mol. The number of hydrogen-bond donors (Lipinski definition) is 2. The van der Waals surface area contributed by atoms with Gasteiger partial charge in [-0.05, 0) is 26.0 Å². The third kappa shape index (κ3) is 2.59. The second-order valence-corrected chi connectivity index (χ2v) is 4.07. The summed E-state index contributed by atoms with van der Waals surface area (Å²) in [5, 5.41) is 19.9. The summed E-state index contributed by atoms with van der Waals surface area (Å²) in [5.41, 5.74) is 2.25. The van der Waals surface area contributed by atoms with E-state index in [1.54, 1.807) is 13.8 Å². The van der Waals surface area contributed by atoms with Gasteiger partial charge in [0.25, 0.3) is 11.6 Å². The van der Waals surface area contributed by atoms with E-state index in [0.717, 1.165) is 0 Å².